The largest absolute Gasteiger partial charge is 0.477 e. The minimum atomic E-state index is -2.28. The Kier molecular flexibility index (Phi) is 15.1. The quantitative estimate of drug-likeness (QED) is 0.0468. The van der Waals surface area contributed by atoms with Crippen LogP contribution in [0.25, 0.3) is 0 Å². The number of unbranched alkanes of at least 4 members (excludes halogenated alkanes) is 3. The first-order valence-corrected chi connectivity index (χ1v) is 24.6. The second-order valence-electron chi connectivity index (χ2n) is 15.3. The lowest BCUT2D eigenvalue weighted by atomic mass is 9.80. The minimum Gasteiger partial charge on any atom is -0.477 e. The summed E-state index contributed by atoms with van der Waals surface area (Å²) in [6.07, 6.45) is 7.57. The van der Waals surface area contributed by atoms with Crippen LogP contribution in [0.1, 0.15) is 110 Å². The number of tetrazole rings is 1. The first kappa shape index (κ1) is 42.1. The van der Waals surface area contributed by atoms with Crippen LogP contribution in [-0.4, -0.2) is 108 Å². The number of aliphatic carboxylic acids is 1. The lowest BCUT2D eigenvalue weighted by Gasteiger charge is -2.52. The molecule has 282 valence electrons. The summed E-state index contributed by atoms with van der Waals surface area (Å²) in [6, 6.07) is 1.17. The molecule has 0 radical (unpaired) electrons. The van der Waals surface area contributed by atoms with Crippen LogP contribution in [0.4, 0.5) is 0 Å². The van der Waals surface area contributed by atoms with E-state index in [1.54, 1.807) is 27.4 Å². The molecule has 1 N–H and O–H groups in total. The van der Waals surface area contributed by atoms with Crippen LogP contribution in [0.2, 0.25) is 18.1 Å². The number of aryl methyl sites for hydroxylation is 3. The molecule has 3 atom stereocenters. The normalized spacial score (nSPS) is 17.6. The fraction of sp³-hybridized carbons (Fsp3) is 0.771. The number of carboxylic acid groups (broad SMARTS) is 1. The maximum absolute atomic E-state index is 14.4. The van der Waals surface area contributed by atoms with E-state index < -0.39 is 39.2 Å². The van der Waals surface area contributed by atoms with Gasteiger partial charge in [0.1, 0.15) is 11.1 Å². The molecule has 0 aliphatic carbocycles. The third-order valence-electron chi connectivity index (χ3n) is 10.5. The number of carboxylic acids is 1. The summed E-state index contributed by atoms with van der Waals surface area (Å²) in [7, 11) is -0.494. The van der Waals surface area contributed by atoms with Crippen LogP contribution < -0.4 is 0 Å². The summed E-state index contributed by atoms with van der Waals surface area (Å²) in [4.78, 5) is 43.6. The summed E-state index contributed by atoms with van der Waals surface area (Å²) in [5.74, 6) is -1.40. The van der Waals surface area contributed by atoms with Gasteiger partial charge >= 0.3 is 5.97 Å². The number of β-lactam (4-membered cyclic amide) rings is 1. The molecular formula is C35H62N7O5PSSi. The predicted molar refractivity (Wildman–Crippen MR) is 206 cm³/mol. The van der Waals surface area contributed by atoms with Gasteiger partial charge in [-0.3, -0.25) is 14.3 Å². The van der Waals surface area contributed by atoms with Gasteiger partial charge in [-0.15, -0.1) is 5.10 Å². The molecule has 1 saturated heterocycles. The topological polar surface area (TPSA) is 145 Å². The van der Waals surface area contributed by atoms with Gasteiger partial charge in [-0.2, -0.15) is 5.10 Å². The zero-order valence-corrected chi connectivity index (χ0v) is 35.1. The summed E-state index contributed by atoms with van der Waals surface area (Å²) >= 11 is 1.50. The molecular weight excluding hydrogens is 690 g/mol. The van der Waals surface area contributed by atoms with Gasteiger partial charge in [0, 0.05) is 24.9 Å². The highest BCUT2D eigenvalue weighted by atomic mass is 32.2. The lowest BCUT2D eigenvalue weighted by Crippen LogP contribution is -2.69. The first-order chi connectivity index (χ1) is 23.4. The monoisotopic (exact) mass is 751 g/mol. The van der Waals surface area contributed by atoms with Gasteiger partial charge in [-0.1, -0.05) is 79.5 Å². The third-order valence-corrected chi connectivity index (χ3v) is 20.9. The average molecular weight is 752 g/mol. The molecule has 0 bridgehead atoms. The van der Waals surface area contributed by atoms with E-state index in [4.69, 9.17) is 4.43 Å². The molecule has 1 amide bonds. The fourth-order valence-electron chi connectivity index (χ4n) is 6.58. The first-order valence-electron chi connectivity index (χ1n) is 18.3. The number of carbonyl (C=O) groups excluding carboxylic acids is 2. The molecule has 3 rings (SSSR count). The molecule has 15 heteroatoms. The van der Waals surface area contributed by atoms with Crippen molar-refractivity contribution in [3.05, 3.63) is 17.5 Å². The lowest BCUT2D eigenvalue weighted by molar-refractivity contribution is -0.155. The van der Waals surface area contributed by atoms with Crippen LogP contribution in [0.5, 0.6) is 0 Å². The van der Waals surface area contributed by atoms with Gasteiger partial charge in [-0.25, -0.2) is 9.48 Å². The zero-order chi connectivity index (χ0) is 37.4. The van der Waals surface area contributed by atoms with Crippen LogP contribution in [0, 0.1) is 12.8 Å². The summed E-state index contributed by atoms with van der Waals surface area (Å²) in [5.41, 5.74) is 1.45. The van der Waals surface area contributed by atoms with E-state index >= 15 is 0 Å². The van der Waals surface area contributed by atoms with Gasteiger partial charge in [-0.05, 0) is 86.2 Å². The van der Waals surface area contributed by atoms with E-state index in [0.717, 1.165) is 62.7 Å². The van der Waals surface area contributed by atoms with Gasteiger partial charge < -0.3 is 14.4 Å². The Labute approximate surface area is 305 Å². The van der Waals surface area contributed by atoms with Crippen LogP contribution in [0.3, 0.4) is 0 Å². The molecule has 3 heterocycles. The van der Waals surface area contributed by atoms with E-state index in [1.807, 2.05) is 13.8 Å². The van der Waals surface area contributed by atoms with E-state index in [-0.39, 0.29) is 28.6 Å². The number of likely N-dealkylation sites (tertiary alicyclic amines) is 1. The summed E-state index contributed by atoms with van der Waals surface area (Å²) in [6.45, 7) is 19.3. The van der Waals surface area contributed by atoms with Crippen LogP contribution >= 0.6 is 18.6 Å². The summed E-state index contributed by atoms with van der Waals surface area (Å²) < 4.78 is 10.2. The SMILES string of the molecule is CCCCP(CCCC)(CCCC)=C(C(=O)O)N1C(=O)C(C(C)O[Si](C)(C)C(C)(C)C)C1CC(=O)c1cc(C)n(CCSc2nnnn2C)n1. The molecule has 50 heavy (non-hydrogen) atoms. The molecule has 12 nitrogen and oxygen atoms in total. The molecule has 0 saturated carbocycles. The molecule has 1 fully saturated rings. The van der Waals surface area contributed by atoms with E-state index in [9.17, 15) is 19.5 Å². The Hall–Kier alpha value is -2.28. The Balaban J connectivity index is 2.05. The molecule has 3 unspecified atom stereocenters. The minimum absolute atomic E-state index is 0.0104. The zero-order valence-electron chi connectivity index (χ0n) is 32.4. The highest BCUT2D eigenvalue weighted by Gasteiger charge is 2.56. The van der Waals surface area contributed by atoms with Gasteiger partial charge in [0.2, 0.25) is 11.1 Å². The standard InChI is InChI=1S/C35H62N7O5PSSi/c1-12-15-19-48(20-16-13-2,21-17-14-3)32(33(45)46)42-28(30(31(42)44)26(5)47-50(10,11)35(6,7)8)24-29(43)27-23-25(4)41(37-27)18-22-49-34-36-38-39-40(34)9/h23,26,28,30H,12-22,24H2,1-11H3,(H,45,46). The molecule has 0 spiro atoms. The van der Waals surface area contributed by atoms with Crippen molar-refractivity contribution >= 4 is 50.0 Å². The number of aromatic nitrogens is 6. The van der Waals surface area contributed by atoms with Crippen molar-refractivity contribution in [1.82, 2.24) is 34.9 Å². The number of thioether (sulfide) groups is 1. The maximum atomic E-state index is 14.4. The molecule has 1 aliphatic rings. The maximum Gasteiger partial charge on any atom is 0.352 e. The number of amides is 1. The predicted octanol–water partition coefficient (Wildman–Crippen LogP) is 6.95. The van der Waals surface area contributed by atoms with E-state index in [0.29, 0.717) is 23.1 Å². The Morgan fingerprint density at radius 3 is 2.14 bits per heavy atom. The average Bonchev–Trinajstić information content (AvgIpc) is 3.62. The number of nitrogens with zero attached hydrogens (tertiary/aromatic N) is 7. The third kappa shape index (κ3) is 9.77. The van der Waals surface area contributed by atoms with Crippen LogP contribution in [0.15, 0.2) is 11.2 Å². The van der Waals surface area contributed by atoms with Crippen molar-refractivity contribution in [3.63, 3.8) is 0 Å². The molecule has 0 aromatic carbocycles. The van der Waals surface area contributed by atoms with Gasteiger partial charge in [0.05, 0.1) is 24.6 Å². The number of hydrogen-bond donors (Lipinski definition) is 1. The second kappa shape index (κ2) is 18.0. The fourth-order valence-corrected chi connectivity index (χ4v) is 14.0. The van der Waals surface area contributed by atoms with Crippen molar-refractivity contribution in [2.75, 3.05) is 24.2 Å². The van der Waals surface area contributed by atoms with E-state index in [1.165, 1.54) is 11.8 Å². The molecule has 1 aliphatic heterocycles. The van der Waals surface area contributed by atoms with Crippen molar-refractivity contribution in [3.8, 4) is 0 Å². The highest BCUT2D eigenvalue weighted by Crippen LogP contribution is 2.54. The number of Topliss-reactive ketones (excluding diaryl/α,β-unsaturated/α-hetero) is 1. The smallest absolute Gasteiger partial charge is 0.352 e. The van der Waals surface area contributed by atoms with Crippen molar-refractivity contribution < 1.29 is 23.9 Å². The Bertz CT molecular complexity index is 1510. The van der Waals surface area contributed by atoms with Gasteiger partial charge in [0.15, 0.2) is 14.1 Å². The second-order valence-corrected chi connectivity index (χ2v) is 25.2. The number of carbonyl (C=O) groups is 3. The van der Waals surface area contributed by atoms with Crippen molar-refractivity contribution in [2.24, 2.45) is 13.0 Å². The number of rotatable bonds is 21. The number of ketones is 1. The van der Waals surface area contributed by atoms with Crippen LogP contribution in [-0.2, 0) is 27.6 Å². The molecule has 2 aromatic heterocycles. The van der Waals surface area contributed by atoms with Crippen molar-refractivity contribution in [1.29, 1.82) is 0 Å². The van der Waals surface area contributed by atoms with Crippen molar-refractivity contribution in [2.45, 2.75) is 142 Å². The highest BCUT2D eigenvalue weighted by molar-refractivity contribution is 7.99. The molecule has 2 aromatic rings. The van der Waals surface area contributed by atoms with Gasteiger partial charge in [0.25, 0.3) is 0 Å². The number of hydrogen-bond acceptors (Lipinski definition) is 9. The summed E-state index contributed by atoms with van der Waals surface area (Å²) in [5, 5.41) is 27.9. The van der Waals surface area contributed by atoms with E-state index in [2.05, 4.69) is 75.3 Å². The Morgan fingerprint density at radius 1 is 1.08 bits per heavy atom. The Morgan fingerprint density at radius 2 is 1.66 bits per heavy atom.